The predicted molar refractivity (Wildman–Crippen MR) is 87.7 cm³/mol. The van der Waals surface area contributed by atoms with Crippen molar-refractivity contribution in [2.24, 2.45) is 5.73 Å². The number of hydrogen-bond donors (Lipinski definition) is 1. The van der Waals surface area contributed by atoms with Gasteiger partial charge in [0.1, 0.15) is 0 Å². The summed E-state index contributed by atoms with van der Waals surface area (Å²) in [5.41, 5.74) is 8.31. The van der Waals surface area contributed by atoms with Crippen LogP contribution < -0.4 is 10.6 Å². The third-order valence-electron chi connectivity index (χ3n) is 4.06. The summed E-state index contributed by atoms with van der Waals surface area (Å²) in [6, 6.07) is 18.8. The molecule has 113 valence electrons. The number of nitrogens with zero attached hydrogens (tertiary/aromatic N) is 2. The molecule has 1 fully saturated rings. The molecular formula is C18H20N3O. The Balaban J connectivity index is 1.58. The number of nitrogens with two attached hydrogens (primary N) is 1. The molecule has 0 unspecified atom stereocenters. The molecule has 0 bridgehead atoms. The number of amides is 1. The summed E-state index contributed by atoms with van der Waals surface area (Å²) in [5.74, 6) is -0.368. The number of primary amides is 1. The van der Waals surface area contributed by atoms with Crippen molar-refractivity contribution in [2.75, 3.05) is 31.1 Å². The molecule has 1 radical (unpaired) electrons. The van der Waals surface area contributed by atoms with E-state index in [0.29, 0.717) is 5.56 Å². The fourth-order valence-electron chi connectivity index (χ4n) is 2.83. The average Bonchev–Trinajstić information content (AvgIpc) is 2.56. The molecule has 0 aromatic heterocycles. The van der Waals surface area contributed by atoms with Gasteiger partial charge in [-0.3, -0.25) is 9.69 Å². The molecular weight excluding hydrogens is 274 g/mol. The van der Waals surface area contributed by atoms with E-state index in [1.807, 2.05) is 30.3 Å². The smallest absolute Gasteiger partial charge is 0.248 e. The molecule has 22 heavy (non-hydrogen) atoms. The van der Waals surface area contributed by atoms with Crippen molar-refractivity contribution in [3.05, 3.63) is 65.7 Å². The number of benzene rings is 2. The standard InChI is InChI=1S/C18H20N3O/c19-18(22)16-6-4-5-15(13-16)14-20-9-11-21(12-10-20)17-7-2-1-3-8-17/h2-8,13H,9-12,14H2,(H2,19,22). The van der Waals surface area contributed by atoms with E-state index in [9.17, 15) is 4.79 Å². The van der Waals surface area contributed by atoms with Crippen LogP contribution in [0.3, 0.4) is 0 Å². The van der Waals surface area contributed by atoms with Crippen molar-refractivity contribution >= 4 is 11.6 Å². The summed E-state index contributed by atoms with van der Waals surface area (Å²) >= 11 is 0. The first-order valence-electron chi connectivity index (χ1n) is 7.54. The van der Waals surface area contributed by atoms with E-state index >= 15 is 0 Å². The zero-order chi connectivity index (χ0) is 15.4. The van der Waals surface area contributed by atoms with Crippen LogP contribution in [0.25, 0.3) is 0 Å². The van der Waals surface area contributed by atoms with Gasteiger partial charge in [-0.15, -0.1) is 0 Å². The predicted octanol–water partition coefficient (Wildman–Crippen LogP) is 1.91. The molecule has 3 rings (SSSR count). The minimum Gasteiger partial charge on any atom is -0.369 e. The highest BCUT2D eigenvalue weighted by molar-refractivity contribution is 5.92. The van der Waals surface area contributed by atoms with Crippen LogP contribution in [0.2, 0.25) is 0 Å². The van der Waals surface area contributed by atoms with Gasteiger partial charge in [0.25, 0.3) is 0 Å². The lowest BCUT2D eigenvalue weighted by atomic mass is 10.1. The Kier molecular flexibility index (Phi) is 4.39. The van der Waals surface area contributed by atoms with Crippen LogP contribution in [0.5, 0.6) is 0 Å². The molecule has 0 spiro atoms. The number of piperazine rings is 1. The first-order chi connectivity index (χ1) is 10.7. The first-order valence-corrected chi connectivity index (χ1v) is 7.54. The lowest BCUT2D eigenvalue weighted by Gasteiger charge is -2.36. The van der Waals surface area contributed by atoms with Gasteiger partial charge in [-0.1, -0.05) is 24.3 Å². The van der Waals surface area contributed by atoms with Crippen molar-refractivity contribution in [2.45, 2.75) is 6.54 Å². The summed E-state index contributed by atoms with van der Waals surface area (Å²) in [6.45, 7) is 4.91. The van der Waals surface area contributed by atoms with E-state index in [2.05, 4.69) is 28.0 Å². The number of anilines is 1. The Labute approximate surface area is 131 Å². The lowest BCUT2D eigenvalue weighted by Crippen LogP contribution is -2.45. The first kappa shape index (κ1) is 14.6. The van der Waals surface area contributed by atoms with Crippen molar-refractivity contribution < 1.29 is 4.79 Å². The molecule has 2 N–H and O–H groups in total. The molecule has 0 atom stereocenters. The number of hydrogen-bond acceptors (Lipinski definition) is 3. The molecule has 4 nitrogen and oxygen atoms in total. The normalized spacial score (nSPS) is 15.7. The van der Waals surface area contributed by atoms with E-state index in [1.165, 1.54) is 5.69 Å². The highest BCUT2D eigenvalue weighted by atomic mass is 16.1. The minimum atomic E-state index is -0.368. The van der Waals surface area contributed by atoms with Gasteiger partial charge in [0, 0.05) is 44.0 Å². The SMILES string of the molecule is NC(=O)c1cccc(CN2CCN(c3cc[c]cc3)CC2)c1. The highest BCUT2D eigenvalue weighted by Gasteiger charge is 2.17. The highest BCUT2D eigenvalue weighted by Crippen LogP contribution is 2.17. The summed E-state index contributed by atoms with van der Waals surface area (Å²) in [6.07, 6.45) is 0. The number of rotatable bonds is 4. The van der Waals surface area contributed by atoms with Crippen LogP contribution >= 0.6 is 0 Å². The Morgan fingerprint density at radius 1 is 1.09 bits per heavy atom. The topological polar surface area (TPSA) is 49.6 Å². The summed E-state index contributed by atoms with van der Waals surface area (Å²) in [7, 11) is 0. The summed E-state index contributed by atoms with van der Waals surface area (Å²) in [4.78, 5) is 16.0. The van der Waals surface area contributed by atoms with Gasteiger partial charge in [-0.2, -0.15) is 0 Å². The Hall–Kier alpha value is -2.33. The monoisotopic (exact) mass is 294 g/mol. The molecule has 1 aliphatic heterocycles. The second-order valence-electron chi connectivity index (χ2n) is 5.59. The van der Waals surface area contributed by atoms with E-state index in [0.717, 1.165) is 38.3 Å². The maximum atomic E-state index is 11.2. The fraction of sp³-hybridized carbons (Fsp3) is 0.278. The van der Waals surface area contributed by atoms with E-state index in [-0.39, 0.29) is 5.91 Å². The third kappa shape index (κ3) is 3.46. The molecule has 1 amide bonds. The second kappa shape index (κ2) is 6.62. The Bertz CT molecular complexity index is 634. The van der Waals surface area contributed by atoms with Gasteiger partial charge < -0.3 is 10.6 Å². The molecule has 1 heterocycles. The zero-order valence-electron chi connectivity index (χ0n) is 12.5. The molecule has 2 aromatic carbocycles. The fourth-order valence-corrected chi connectivity index (χ4v) is 2.83. The summed E-state index contributed by atoms with van der Waals surface area (Å²) < 4.78 is 0. The Morgan fingerprint density at radius 2 is 1.82 bits per heavy atom. The van der Waals surface area contributed by atoms with Crippen molar-refractivity contribution in [1.29, 1.82) is 0 Å². The largest absolute Gasteiger partial charge is 0.369 e. The van der Waals surface area contributed by atoms with Gasteiger partial charge in [-0.25, -0.2) is 0 Å². The average molecular weight is 294 g/mol. The quantitative estimate of drug-likeness (QED) is 0.937. The maximum Gasteiger partial charge on any atom is 0.248 e. The van der Waals surface area contributed by atoms with Gasteiger partial charge in [0.15, 0.2) is 0 Å². The van der Waals surface area contributed by atoms with E-state index < -0.39 is 0 Å². The van der Waals surface area contributed by atoms with Gasteiger partial charge in [0.05, 0.1) is 0 Å². The van der Waals surface area contributed by atoms with Crippen LogP contribution in [0.15, 0.2) is 48.5 Å². The van der Waals surface area contributed by atoms with Gasteiger partial charge in [0.2, 0.25) is 5.91 Å². The van der Waals surface area contributed by atoms with Crippen LogP contribution in [-0.4, -0.2) is 37.0 Å². The van der Waals surface area contributed by atoms with Crippen LogP contribution in [0.1, 0.15) is 15.9 Å². The maximum absolute atomic E-state index is 11.2. The van der Waals surface area contributed by atoms with Crippen molar-refractivity contribution in [3.63, 3.8) is 0 Å². The lowest BCUT2D eigenvalue weighted by molar-refractivity contribution is 0.1000. The molecule has 4 heteroatoms. The molecule has 2 aromatic rings. The van der Waals surface area contributed by atoms with Crippen molar-refractivity contribution in [3.8, 4) is 0 Å². The zero-order valence-corrected chi connectivity index (χ0v) is 12.5. The third-order valence-corrected chi connectivity index (χ3v) is 4.06. The number of carbonyl (C=O) groups is 1. The van der Waals surface area contributed by atoms with Crippen LogP contribution in [0.4, 0.5) is 5.69 Å². The molecule has 1 saturated heterocycles. The van der Waals surface area contributed by atoms with Crippen LogP contribution in [0, 0.1) is 6.07 Å². The Morgan fingerprint density at radius 3 is 2.50 bits per heavy atom. The number of carbonyl (C=O) groups excluding carboxylic acids is 1. The minimum absolute atomic E-state index is 0.368. The van der Waals surface area contributed by atoms with Crippen LogP contribution in [-0.2, 0) is 6.54 Å². The molecule has 0 saturated carbocycles. The van der Waals surface area contributed by atoms with Gasteiger partial charge >= 0.3 is 0 Å². The van der Waals surface area contributed by atoms with Crippen molar-refractivity contribution in [1.82, 2.24) is 4.90 Å². The second-order valence-corrected chi connectivity index (χ2v) is 5.59. The van der Waals surface area contributed by atoms with Gasteiger partial charge in [-0.05, 0) is 35.9 Å². The summed E-state index contributed by atoms with van der Waals surface area (Å²) in [5, 5.41) is 0. The molecule has 0 aliphatic carbocycles. The van der Waals surface area contributed by atoms with E-state index in [1.54, 1.807) is 6.07 Å². The van der Waals surface area contributed by atoms with E-state index in [4.69, 9.17) is 5.73 Å². The molecule has 1 aliphatic rings.